The van der Waals surface area contributed by atoms with Gasteiger partial charge in [-0.25, -0.2) is 4.31 Å². The minimum atomic E-state index is -4.30. The average Bonchev–Trinajstić information content (AvgIpc) is 2.12. The first-order valence-electron chi connectivity index (χ1n) is 5.25. The molecule has 1 heterocycles. The van der Waals surface area contributed by atoms with Gasteiger partial charge in [0.1, 0.15) is 0 Å². The van der Waals surface area contributed by atoms with E-state index in [1.54, 1.807) is 0 Å². The van der Waals surface area contributed by atoms with E-state index in [0.717, 1.165) is 32.1 Å². The maximum atomic E-state index is 11.3. The predicted molar refractivity (Wildman–Crippen MR) is 55.5 cm³/mol. The third-order valence-electron chi connectivity index (χ3n) is 2.67. The molecule has 0 aromatic heterocycles. The van der Waals surface area contributed by atoms with Gasteiger partial charge in [0, 0.05) is 0 Å². The molecule has 0 spiro atoms. The molecule has 1 saturated heterocycles. The summed E-state index contributed by atoms with van der Waals surface area (Å²) >= 11 is 0. The molecule has 0 radical (unpaired) electrons. The molecule has 1 fully saturated rings. The number of rotatable bonds is 6. The summed E-state index contributed by atoms with van der Waals surface area (Å²) in [5, 5.41) is 0. The van der Waals surface area contributed by atoms with Crippen LogP contribution in [0, 0.1) is 5.92 Å². The molecule has 1 aliphatic heterocycles. The van der Waals surface area contributed by atoms with Gasteiger partial charge in [0.15, 0.2) is 0 Å². The second kappa shape index (κ2) is 4.94. The van der Waals surface area contributed by atoms with E-state index < -0.39 is 16.2 Å². The highest BCUT2D eigenvalue weighted by Gasteiger charge is 2.42. The Hall–Kier alpha value is -0.620. The normalized spacial score (nSPS) is 21.6. The van der Waals surface area contributed by atoms with Crippen LogP contribution in [0.3, 0.4) is 0 Å². The highest BCUT2D eigenvalue weighted by atomic mass is 32.2. The fourth-order valence-electron chi connectivity index (χ4n) is 1.70. The zero-order chi connectivity index (χ0) is 11.5. The van der Waals surface area contributed by atoms with Crippen LogP contribution in [0.25, 0.3) is 0 Å². The average molecular weight is 235 g/mol. The van der Waals surface area contributed by atoms with E-state index in [4.69, 9.17) is 4.55 Å². The summed E-state index contributed by atoms with van der Waals surface area (Å²) in [6.45, 7) is 2.25. The standard InChI is InChI=1S/C9H17NO4S/c1-2-3-4-5-6-8-7-10(9(8)11)15(12,13)14/h8H,2-7H2,1H3,(H,12,13,14). The van der Waals surface area contributed by atoms with Gasteiger partial charge in [-0.3, -0.25) is 9.35 Å². The van der Waals surface area contributed by atoms with Crippen LogP contribution in [-0.2, 0) is 15.1 Å². The molecule has 0 bridgehead atoms. The number of amides is 1. The van der Waals surface area contributed by atoms with Crippen molar-refractivity contribution < 1.29 is 17.8 Å². The zero-order valence-electron chi connectivity index (χ0n) is 8.85. The first-order chi connectivity index (χ1) is 6.96. The number of β-lactam (4-membered cyclic amide) rings is 1. The Bertz CT molecular complexity index is 325. The molecule has 1 N–H and O–H groups in total. The van der Waals surface area contributed by atoms with Crippen molar-refractivity contribution in [2.24, 2.45) is 5.92 Å². The van der Waals surface area contributed by atoms with Crippen LogP contribution >= 0.6 is 0 Å². The van der Waals surface area contributed by atoms with E-state index in [1.165, 1.54) is 0 Å². The zero-order valence-corrected chi connectivity index (χ0v) is 9.66. The van der Waals surface area contributed by atoms with Gasteiger partial charge in [0.2, 0.25) is 5.91 Å². The van der Waals surface area contributed by atoms with Crippen LogP contribution in [0.2, 0.25) is 0 Å². The Labute approximate surface area is 90.3 Å². The molecular formula is C9H17NO4S. The maximum absolute atomic E-state index is 11.3. The summed E-state index contributed by atoms with van der Waals surface area (Å²) < 4.78 is 30.4. The topological polar surface area (TPSA) is 74.7 Å². The first kappa shape index (κ1) is 12.4. The summed E-state index contributed by atoms with van der Waals surface area (Å²) in [5.74, 6) is -0.669. The van der Waals surface area contributed by atoms with E-state index in [9.17, 15) is 13.2 Å². The number of carbonyl (C=O) groups is 1. The highest BCUT2D eigenvalue weighted by Crippen LogP contribution is 2.25. The van der Waals surface area contributed by atoms with Gasteiger partial charge in [0.05, 0.1) is 12.5 Å². The molecule has 0 aromatic rings. The molecule has 5 nitrogen and oxygen atoms in total. The molecule has 0 aromatic carbocycles. The van der Waals surface area contributed by atoms with E-state index in [-0.39, 0.29) is 12.5 Å². The summed E-state index contributed by atoms with van der Waals surface area (Å²) in [7, 11) is -4.30. The van der Waals surface area contributed by atoms with Gasteiger partial charge in [0.25, 0.3) is 0 Å². The molecule has 6 heteroatoms. The van der Waals surface area contributed by atoms with Gasteiger partial charge in [-0.15, -0.1) is 0 Å². The van der Waals surface area contributed by atoms with Crippen molar-refractivity contribution in [2.75, 3.05) is 6.54 Å². The van der Waals surface area contributed by atoms with E-state index >= 15 is 0 Å². The minimum Gasteiger partial charge on any atom is -0.273 e. The fourth-order valence-corrected chi connectivity index (χ4v) is 2.44. The van der Waals surface area contributed by atoms with Crippen molar-refractivity contribution >= 4 is 16.2 Å². The van der Waals surface area contributed by atoms with Crippen LogP contribution in [0.1, 0.15) is 39.0 Å². The number of carbonyl (C=O) groups excluding carboxylic acids is 1. The van der Waals surface area contributed by atoms with Gasteiger partial charge in [-0.1, -0.05) is 32.6 Å². The monoisotopic (exact) mass is 235 g/mol. The molecule has 0 aliphatic carbocycles. The smallest absolute Gasteiger partial charge is 0.273 e. The van der Waals surface area contributed by atoms with Crippen LogP contribution < -0.4 is 0 Å². The Morgan fingerprint density at radius 1 is 1.40 bits per heavy atom. The summed E-state index contributed by atoms with van der Waals surface area (Å²) in [6, 6.07) is 0. The van der Waals surface area contributed by atoms with Crippen molar-refractivity contribution in [3.63, 3.8) is 0 Å². The summed E-state index contributed by atoms with van der Waals surface area (Å²) in [6.07, 6.45) is 5.03. The quantitative estimate of drug-likeness (QED) is 0.426. The number of hydrogen-bond donors (Lipinski definition) is 1. The largest absolute Gasteiger partial charge is 0.362 e. The molecule has 1 rings (SSSR count). The summed E-state index contributed by atoms with van der Waals surface area (Å²) in [4.78, 5) is 11.3. The molecule has 1 atom stereocenters. The highest BCUT2D eigenvalue weighted by molar-refractivity contribution is 7.84. The van der Waals surface area contributed by atoms with Crippen molar-refractivity contribution in [1.82, 2.24) is 4.31 Å². The molecule has 88 valence electrons. The minimum absolute atomic E-state index is 0.143. The number of unbranched alkanes of at least 4 members (excludes halogenated alkanes) is 3. The van der Waals surface area contributed by atoms with Crippen molar-refractivity contribution in [3.8, 4) is 0 Å². The van der Waals surface area contributed by atoms with E-state index in [0.29, 0.717) is 4.31 Å². The third-order valence-corrected chi connectivity index (χ3v) is 3.55. The van der Waals surface area contributed by atoms with E-state index in [2.05, 4.69) is 6.92 Å². The van der Waals surface area contributed by atoms with Crippen molar-refractivity contribution in [3.05, 3.63) is 0 Å². The number of nitrogens with zero attached hydrogens (tertiary/aromatic N) is 1. The lowest BCUT2D eigenvalue weighted by Gasteiger charge is -2.35. The lowest BCUT2D eigenvalue weighted by atomic mass is 9.94. The van der Waals surface area contributed by atoms with Gasteiger partial charge in [-0.2, -0.15) is 8.42 Å². The van der Waals surface area contributed by atoms with E-state index in [1.807, 2.05) is 0 Å². The molecule has 15 heavy (non-hydrogen) atoms. The molecular weight excluding hydrogens is 218 g/mol. The van der Waals surface area contributed by atoms with Gasteiger partial charge < -0.3 is 0 Å². The first-order valence-corrected chi connectivity index (χ1v) is 6.65. The maximum Gasteiger partial charge on any atom is 0.362 e. The third kappa shape index (κ3) is 3.17. The van der Waals surface area contributed by atoms with Crippen LogP contribution in [0.5, 0.6) is 0 Å². The summed E-state index contributed by atoms with van der Waals surface area (Å²) in [5.41, 5.74) is 0. The Kier molecular flexibility index (Phi) is 4.10. The number of hydrogen-bond acceptors (Lipinski definition) is 3. The lowest BCUT2D eigenvalue weighted by molar-refractivity contribution is -0.140. The molecule has 1 amide bonds. The predicted octanol–water partition coefficient (Wildman–Crippen LogP) is 1.22. The second-order valence-corrected chi connectivity index (χ2v) is 5.23. The Balaban J connectivity index is 2.25. The second-order valence-electron chi connectivity index (χ2n) is 3.89. The lowest BCUT2D eigenvalue weighted by Crippen LogP contribution is -2.54. The Morgan fingerprint density at radius 2 is 2.07 bits per heavy atom. The fraction of sp³-hybridized carbons (Fsp3) is 0.889. The molecule has 1 aliphatic rings. The van der Waals surface area contributed by atoms with Gasteiger partial charge in [-0.05, 0) is 6.42 Å². The SMILES string of the molecule is CCCCCCC1CN(S(=O)(=O)O)C1=O. The van der Waals surface area contributed by atoms with Crippen LogP contribution in [0.4, 0.5) is 0 Å². The van der Waals surface area contributed by atoms with Crippen LogP contribution in [0.15, 0.2) is 0 Å². The molecule has 1 unspecified atom stereocenters. The van der Waals surface area contributed by atoms with Crippen molar-refractivity contribution in [2.45, 2.75) is 39.0 Å². The van der Waals surface area contributed by atoms with Crippen LogP contribution in [-0.4, -0.2) is 29.7 Å². The van der Waals surface area contributed by atoms with Gasteiger partial charge >= 0.3 is 10.3 Å². The molecule has 0 saturated carbocycles. The van der Waals surface area contributed by atoms with Crippen molar-refractivity contribution in [1.29, 1.82) is 0 Å². The Morgan fingerprint density at radius 3 is 2.53 bits per heavy atom.